The Morgan fingerprint density at radius 1 is 1.58 bits per heavy atom. The zero-order chi connectivity index (χ0) is 8.81. The maximum atomic E-state index is 11.0. The summed E-state index contributed by atoms with van der Waals surface area (Å²) in [7, 11) is 0. The molecule has 4 heteroatoms. The minimum absolute atomic E-state index is 0.0521. The molecule has 0 fully saturated rings. The van der Waals surface area contributed by atoms with Crippen LogP contribution in [0.3, 0.4) is 0 Å². The van der Waals surface area contributed by atoms with Crippen molar-refractivity contribution in [1.82, 2.24) is 4.98 Å². The van der Waals surface area contributed by atoms with Crippen molar-refractivity contribution in [1.29, 1.82) is 0 Å². The van der Waals surface area contributed by atoms with Crippen molar-refractivity contribution in [2.45, 2.75) is 6.42 Å². The van der Waals surface area contributed by atoms with Crippen LogP contribution >= 0.6 is 12.6 Å². The van der Waals surface area contributed by atoms with Gasteiger partial charge in [0.25, 0.3) is 0 Å². The highest BCUT2D eigenvalue weighted by Gasteiger charge is 1.99. The third-order valence-electron chi connectivity index (χ3n) is 1.27. The highest BCUT2D eigenvalue weighted by molar-refractivity contribution is 7.80. The number of carbonyl (C=O) groups is 1. The number of pyridine rings is 1. The van der Waals surface area contributed by atoms with Crippen LogP contribution in [0.1, 0.15) is 6.42 Å². The Balaban J connectivity index is 2.47. The molecule has 0 aromatic carbocycles. The third kappa shape index (κ3) is 2.92. The predicted molar refractivity (Wildman–Crippen MR) is 51.3 cm³/mol. The molecule has 0 radical (unpaired) electrons. The molecule has 0 unspecified atom stereocenters. The minimum atomic E-state index is -0.0521. The van der Waals surface area contributed by atoms with Gasteiger partial charge in [0, 0.05) is 12.6 Å². The Bertz CT molecular complexity index is 250. The molecule has 0 atom stereocenters. The number of aromatic nitrogens is 1. The fourth-order valence-corrected chi connectivity index (χ4v) is 0.947. The summed E-state index contributed by atoms with van der Waals surface area (Å²) in [5.41, 5.74) is 0. The van der Waals surface area contributed by atoms with Crippen LogP contribution in [0.2, 0.25) is 0 Å². The molecule has 1 aromatic heterocycles. The number of rotatable bonds is 3. The van der Waals surface area contributed by atoms with Crippen molar-refractivity contribution in [3.05, 3.63) is 24.4 Å². The lowest BCUT2D eigenvalue weighted by molar-refractivity contribution is -0.115. The van der Waals surface area contributed by atoms with E-state index in [2.05, 4.69) is 22.9 Å². The van der Waals surface area contributed by atoms with Crippen LogP contribution in [0.4, 0.5) is 5.82 Å². The summed E-state index contributed by atoms with van der Waals surface area (Å²) < 4.78 is 0. The van der Waals surface area contributed by atoms with Gasteiger partial charge in [-0.05, 0) is 17.9 Å². The first-order valence-corrected chi connectivity index (χ1v) is 4.28. The van der Waals surface area contributed by atoms with Crippen LogP contribution in [0.15, 0.2) is 24.4 Å². The lowest BCUT2D eigenvalue weighted by Gasteiger charge is -2.00. The van der Waals surface area contributed by atoms with E-state index in [1.165, 1.54) is 0 Å². The first-order valence-electron chi connectivity index (χ1n) is 3.64. The fourth-order valence-electron chi connectivity index (χ4n) is 0.744. The van der Waals surface area contributed by atoms with E-state index in [0.717, 1.165) is 0 Å². The average Bonchev–Trinajstić information content (AvgIpc) is 2.06. The van der Waals surface area contributed by atoms with Gasteiger partial charge in [-0.3, -0.25) is 4.79 Å². The third-order valence-corrected chi connectivity index (χ3v) is 1.49. The number of anilines is 1. The van der Waals surface area contributed by atoms with E-state index in [9.17, 15) is 4.79 Å². The molecule has 12 heavy (non-hydrogen) atoms. The SMILES string of the molecule is O=C(CCS)Nc1ccccn1. The maximum Gasteiger partial charge on any atom is 0.226 e. The summed E-state index contributed by atoms with van der Waals surface area (Å²) in [4.78, 5) is 15.0. The van der Waals surface area contributed by atoms with E-state index in [4.69, 9.17) is 0 Å². The van der Waals surface area contributed by atoms with Crippen LogP contribution < -0.4 is 5.32 Å². The lowest BCUT2D eigenvalue weighted by atomic mass is 10.4. The van der Waals surface area contributed by atoms with Crippen molar-refractivity contribution < 1.29 is 4.79 Å². The second kappa shape index (κ2) is 4.77. The minimum Gasteiger partial charge on any atom is -0.311 e. The van der Waals surface area contributed by atoms with Crippen LogP contribution in [-0.4, -0.2) is 16.6 Å². The van der Waals surface area contributed by atoms with Gasteiger partial charge < -0.3 is 5.32 Å². The number of hydrogen-bond donors (Lipinski definition) is 2. The number of nitrogens with one attached hydrogen (secondary N) is 1. The second-order valence-electron chi connectivity index (χ2n) is 2.24. The first kappa shape index (κ1) is 9.06. The Morgan fingerprint density at radius 3 is 3.00 bits per heavy atom. The number of nitrogens with zero attached hydrogens (tertiary/aromatic N) is 1. The van der Waals surface area contributed by atoms with E-state index in [-0.39, 0.29) is 5.91 Å². The molecule has 3 nitrogen and oxygen atoms in total. The predicted octanol–water partition coefficient (Wildman–Crippen LogP) is 1.34. The molecule has 0 saturated carbocycles. The molecule has 1 heterocycles. The fraction of sp³-hybridized carbons (Fsp3) is 0.250. The topological polar surface area (TPSA) is 42.0 Å². The molecule has 0 bridgehead atoms. The molecule has 0 spiro atoms. The zero-order valence-electron chi connectivity index (χ0n) is 6.53. The average molecular weight is 182 g/mol. The van der Waals surface area contributed by atoms with Gasteiger partial charge in [0.1, 0.15) is 5.82 Å². The van der Waals surface area contributed by atoms with Crippen LogP contribution in [0.5, 0.6) is 0 Å². The molecule has 0 aliphatic carbocycles. The summed E-state index contributed by atoms with van der Waals surface area (Å²) >= 11 is 3.95. The van der Waals surface area contributed by atoms with Crippen molar-refractivity contribution in [2.24, 2.45) is 0 Å². The van der Waals surface area contributed by atoms with Gasteiger partial charge in [0.2, 0.25) is 5.91 Å². The number of amides is 1. The molecular weight excluding hydrogens is 172 g/mol. The normalized spacial score (nSPS) is 9.42. The molecule has 1 N–H and O–H groups in total. The Morgan fingerprint density at radius 2 is 2.42 bits per heavy atom. The summed E-state index contributed by atoms with van der Waals surface area (Å²) in [6, 6.07) is 5.37. The maximum absolute atomic E-state index is 11.0. The Labute approximate surface area is 76.6 Å². The van der Waals surface area contributed by atoms with Gasteiger partial charge in [-0.25, -0.2) is 4.98 Å². The summed E-state index contributed by atoms with van der Waals surface area (Å²) in [6.07, 6.45) is 2.05. The molecule has 1 aromatic rings. The van der Waals surface area contributed by atoms with Gasteiger partial charge in [-0.2, -0.15) is 12.6 Å². The molecule has 64 valence electrons. The standard InChI is InChI=1S/C8H10N2OS/c11-8(4-6-12)10-7-3-1-2-5-9-7/h1-3,5,12H,4,6H2,(H,9,10,11). The quantitative estimate of drug-likeness (QED) is 0.693. The zero-order valence-corrected chi connectivity index (χ0v) is 7.42. The second-order valence-corrected chi connectivity index (χ2v) is 2.68. The summed E-state index contributed by atoms with van der Waals surface area (Å²) in [5.74, 6) is 1.09. The smallest absolute Gasteiger partial charge is 0.226 e. The highest BCUT2D eigenvalue weighted by atomic mass is 32.1. The van der Waals surface area contributed by atoms with Gasteiger partial charge in [-0.15, -0.1) is 0 Å². The van der Waals surface area contributed by atoms with Gasteiger partial charge >= 0.3 is 0 Å². The van der Waals surface area contributed by atoms with Crippen molar-refractivity contribution in [2.75, 3.05) is 11.1 Å². The number of thiol groups is 1. The number of carbonyl (C=O) groups excluding carboxylic acids is 1. The van der Waals surface area contributed by atoms with Crippen molar-refractivity contribution in [3.8, 4) is 0 Å². The molecular formula is C8H10N2OS. The summed E-state index contributed by atoms with van der Waals surface area (Å²) in [5, 5.41) is 2.64. The van der Waals surface area contributed by atoms with Gasteiger partial charge in [0.05, 0.1) is 0 Å². The van der Waals surface area contributed by atoms with E-state index in [0.29, 0.717) is 18.0 Å². The largest absolute Gasteiger partial charge is 0.311 e. The number of hydrogen-bond acceptors (Lipinski definition) is 3. The van der Waals surface area contributed by atoms with Crippen molar-refractivity contribution in [3.63, 3.8) is 0 Å². The van der Waals surface area contributed by atoms with E-state index < -0.39 is 0 Å². The molecule has 0 saturated heterocycles. The van der Waals surface area contributed by atoms with Gasteiger partial charge in [0.15, 0.2) is 0 Å². The van der Waals surface area contributed by atoms with E-state index in [1.807, 2.05) is 6.07 Å². The van der Waals surface area contributed by atoms with Gasteiger partial charge in [-0.1, -0.05) is 6.07 Å². The molecule has 1 rings (SSSR count). The Hall–Kier alpha value is -1.03. The molecule has 0 aliphatic rings. The highest BCUT2D eigenvalue weighted by Crippen LogP contribution is 2.00. The monoisotopic (exact) mass is 182 g/mol. The van der Waals surface area contributed by atoms with Crippen LogP contribution in [0, 0.1) is 0 Å². The first-order chi connectivity index (χ1) is 5.83. The molecule has 0 aliphatic heterocycles. The van der Waals surface area contributed by atoms with Crippen LogP contribution in [0.25, 0.3) is 0 Å². The van der Waals surface area contributed by atoms with Crippen molar-refractivity contribution >= 4 is 24.4 Å². The Kier molecular flexibility index (Phi) is 3.60. The van der Waals surface area contributed by atoms with E-state index in [1.54, 1.807) is 18.3 Å². The lowest BCUT2D eigenvalue weighted by Crippen LogP contribution is -2.12. The summed E-state index contributed by atoms with van der Waals surface area (Å²) in [6.45, 7) is 0. The molecule has 1 amide bonds. The van der Waals surface area contributed by atoms with Crippen LogP contribution in [-0.2, 0) is 4.79 Å². The van der Waals surface area contributed by atoms with E-state index >= 15 is 0 Å².